The summed E-state index contributed by atoms with van der Waals surface area (Å²) >= 11 is 0. The van der Waals surface area contributed by atoms with Crippen molar-refractivity contribution in [2.45, 2.75) is 12.5 Å². The number of hydrogen-bond acceptors (Lipinski definition) is 7. The van der Waals surface area contributed by atoms with Crippen molar-refractivity contribution in [3.05, 3.63) is 53.6 Å². The maximum absolute atomic E-state index is 13.0. The molecular formula is C21H19N3O7. The first-order valence-corrected chi connectivity index (χ1v) is 9.34. The molecule has 1 fully saturated rings. The maximum Gasteiger partial charge on any atom is 0.337 e. The number of imide groups is 1. The molecule has 4 rings (SSSR count). The molecule has 2 aliphatic heterocycles. The average Bonchev–Trinajstić information content (AvgIpc) is 3.32. The second kappa shape index (κ2) is 7.63. The van der Waals surface area contributed by atoms with Crippen LogP contribution in [0.3, 0.4) is 0 Å². The van der Waals surface area contributed by atoms with Gasteiger partial charge in [-0.15, -0.1) is 0 Å². The smallest absolute Gasteiger partial charge is 0.337 e. The Labute approximate surface area is 177 Å². The van der Waals surface area contributed by atoms with Crippen molar-refractivity contribution in [2.75, 3.05) is 25.8 Å². The van der Waals surface area contributed by atoms with Crippen LogP contribution in [0.5, 0.6) is 11.5 Å². The van der Waals surface area contributed by atoms with Crippen LogP contribution in [0.15, 0.2) is 42.5 Å². The molecule has 2 N–H and O–H groups in total. The number of esters is 1. The molecule has 2 heterocycles. The lowest BCUT2D eigenvalue weighted by Gasteiger charge is -2.22. The summed E-state index contributed by atoms with van der Waals surface area (Å²) in [6, 6.07) is 10.3. The highest BCUT2D eigenvalue weighted by Gasteiger charge is 2.49. The summed E-state index contributed by atoms with van der Waals surface area (Å²) in [5.41, 5.74) is -0.103. The quantitative estimate of drug-likeness (QED) is 0.551. The SMILES string of the molecule is COC(=O)c1ccc(NC(=O)CN2C(=O)N[C@](C)(c3ccc4c(c3)OCO4)C2=O)cc1. The van der Waals surface area contributed by atoms with Crippen LogP contribution in [-0.4, -0.2) is 49.2 Å². The largest absolute Gasteiger partial charge is 0.465 e. The molecule has 10 nitrogen and oxygen atoms in total. The van der Waals surface area contributed by atoms with E-state index in [0.29, 0.717) is 28.3 Å². The van der Waals surface area contributed by atoms with Gasteiger partial charge in [0.15, 0.2) is 11.5 Å². The van der Waals surface area contributed by atoms with Crippen molar-refractivity contribution in [2.24, 2.45) is 0 Å². The Morgan fingerprint density at radius 3 is 2.55 bits per heavy atom. The van der Waals surface area contributed by atoms with E-state index in [4.69, 9.17) is 9.47 Å². The van der Waals surface area contributed by atoms with Gasteiger partial charge in [-0.1, -0.05) is 6.07 Å². The maximum atomic E-state index is 13.0. The number of hydrogen-bond donors (Lipinski definition) is 2. The van der Waals surface area contributed by atoms with Crippen LogP contribution < -0.4 is 20.1 Å². The molecule has 0 bridgehead atoms. The predicted octanol–water partition coefficient (Wildman–Crippen LogP) is 1.61. The number of nitrogens with zero attached hydrogens (tertiary/aromatic N) is 1. The second-order valence-corrected chi connectivity index (χ2v) is 7.13. The number of fused-ring (bicyclic) bond motifs is 1. The molecule has 0 aliphatic carbocycles. The Balaban J connectivity index is 1.45. The summed E-state index contributed by atoms with van der Waals surface area (Å²) in [5, 5.41) is 5.24. The van der Waals surface area contributed by atoms with Gasteiger partial charge in [0.1, 0.15) is 12.1 Å². The molecule has 10 heteroatoms. The van der Waals surface area contributed by atoms with Crippen molar-refractivity contribution in [3.8, 4) is 11.5 Å². The highest BCUT2D eigenvalue weighted by atomic mass is 16.7. The zero-order valence-corrected chi connectivity index (χ0v) is 16.8. The Kier molecular flexibility index (Phi) is 4.97. The molecule has 2 aliphatic rings. The minimum Gasteiger partial charge on any atom is -0.465 e. The molecule has 0 radical (unpaired) electrons. The summed E-state index contributed by atoms with van der Waals surface area (Å²) in [6.45, 7) is 1.18. The molecular weight excluding hydrogens is 406 g/mol. The first-order valence-electron chi connectivity index (χ1n) is 9.34. The first kappa shape index (κ1) is 20.2. The number of nitrogens with one attached hydrogen (secondary N) is 2. The van der Waals surface area contributed by atoms with E-state index in [-0.39, 0.29) is 6.79 Å². The van der Waals surface area contributed by atoms with Gasteiger partial charge in [-0.05, 0) is 48.9 Å². The van der Waals surface area contributed by atoms with Crippen LogP contribution in [-0.2, 0) is 19.9 Å². The Morgan fingerprint density at radius 2 is 1.84 bits per heavy atom. The Hall–Kier alpha value is -4.08. The number of amides is 4. The van der Waals surface area contributed by atoms with E-state index in [9.17, 15) is 19.2 Å². The summed E-state index contributed by atoms with van der Waals surface area (Å²) < 4.78 is 15.2. The molecule has 4 amide bonds. The molecule has 0 spiro atoms. The van der Waals surface area contributed by atoms with Crippen molar-refractivity contribution in [3.63, 3.8) is 0 Å². The van der Waals surface area contributed by atoms with Crippen LogP contribution in [0.2, 0.25) is 0 Å². The minimum atomic E-state index is -1.35. The van der Waals surface area contributed by atoms with E-state index in [2.05, 4.69) is 15.4 Å². The zero-order valence-electron chi connectivity index (χ0n) is 16.8. The summed E-state index contributed by atoms with van der Waals surface area (Å²) in [5.74, 6) is -0.595. The number of benzene rings is 2. The molecule has 1 saturated heterocycles. The molecule has 160 valence electrons. The lowest BCUT2D eigenvalue weighted by molar-refractivity contribution is -0.133. The third-order valence-electron chi connectivity index (χ3n) is 5.12. The van der Waals surface area contributed by atoms with Crippen LogP contribution in [0.4, 0.5) is 10.5 Å². The lowest BCUT2D eigenvalue weighted by atomic mass is 9.91. The van der Waals surface area contributed by atoms with Crippen LogP contribution >= 0.6 is 0 Å². The number of rotatable bonds is 5. The zero-order chi connectivity index (χ0) is 22.2. The van der Waals surface area contributed by atoms with E-state index >= 15 is 0 Å². The van der Waals surface area contributed by atoms with Crippen LogP contribution in [0.25, 0.3) is 0 Å². The van der Waals surface area contributed by atoms with Gasteiger partial charge in [0.05, 0.1) is 12.7 Å². The third kappa shape index (κ3) is 3.63. The summed E-state index contributed by atoms with van der Waals surface area (Å²) in [6.07, 6.45) is 0. The fourth-order valence-electron chi connectivity index (χ4n) is 3.40. The van der Waals surface area contributed by atoms with Crippen LogP contribution in [0.1, 0.15) is 22.8 Å². The third-order valence-corrected chi connectivity index (χ3v) is 5.12. The van der Waals surface area contributed by atoms with Gasteiger partial charge in [0.2, 0.25) is 12.7 Å². The Bertz CT molecular complexity index is 1080. The van der Waals surface area contributed by atoms with Crippen LogP contribution in [0, 0.1) is 0 Å². The number of ether oxygens (including phenoxy) is 3. The lowest BCUT2D eigenvalue weighted by Crippen LogP contribution is -2.42. The highest BCUT2D eigenvalue weighted by molar-refractivity contribution is 6.10. The average molecular weight is 425 g/mol. The monoisotopic (exact) mass is 425 g/mol. The first-order chi connectivity index (χ1) is 14.8. The molecule has 31 heavy (non-hydrogen) atoms. The van der Waals surface area contributed by atoms with E-state index in [1.165, 1.54) is 31.4 Å². The molecule has 2 aromatic carbocycles. The number of carbonyl (C=O) groups is 4. The Morgan fingerprint density at radius 1 is 1.13 bits per heavy atom. The predicted molar refractivity (Wildman–Crippen MR) is 107 cm³/mol. The number of methoxy groups -OCH3 is 1. The summed E-state index contributed by atoms with van der Waals surface area (Å²) in [7, 11) is 1.27. The molecule has 0 aromatic heterocycles. The molecule has 0 saturated carbocycles. The number of anilines is 1. The van der Waals surface area contributed by atoms with Crippen molar-refractivity contribution in [1.82, 2.24) is 10.2 Å². The molecule has 0 unspecified atom stereocenters. The van der Waals surface area contributed by atoms with E-state index in [1.807, 2.05) is 0 Å². The van der Waals surface area contributed by atoms with E-state index < -0.39 is 35.9 Å². The standard InChI is InChI=1S/C21H19N3O7/c1-21(13-5-8-15-16(9-13)31-11-30-15)19(27)24(20(28)23-21)10-17(25)22-14-6-3-12(4-7-14)18(26)29-2/h3-9H,10-11H2,1-2H3,(H,22,25)(H,23,28)/t21-/m1/s1. The van der Waals surface area contributed by atoms with E-state index in [0.717, 1.165) is 4.90 Å². The van der Waals surface area contributed by atoms with Gasteiger partial charge >= 0.3 is 12.0 Å². The topological polar surface area (TPSA) is 123 Å². The minimum absolute atomic E-state index is 0.0860. The van der Waals surface area contributed by atoms with Gasteiger partial charge in [-0.3, -0.25) is 14.5 Å². The normalized spacial score (nSPS) is 19.2. The van der Waals surface area contributed by atoms with Gasteiger partial charge in [0, 0.05) is 5.69 Å². The number of urea groups is 1. The summed E-state index contributed by atoms with van der Waals surface area (Å²) in [4.78, 5) is 50.2. The van der Waals surface area contributed by atoms with Crippen molar-refractivity contribution < 1.29 is 33.4 Å². The second-order valence-electron chi connectivity index (χ2n) is 7.13. The van der Waals surface area contributed by atoms with Crippen molar-refractivity contribution in [1.29, 1.82) is 0 Å². The van der Waals surface area contributed by atoms with Gasteiger partial charge in [0.25, 0.3) is 5.91 Å². The molecule has 2 aromatic rings. The van der Waals surface area contributed by atoms with Gasteiger partial charge < -0.3 is 24.8 Å². The fourth-order valence-corrected chi connectivity index (χ4v) is 3.40. The van der Waals surface area contributed by atoms with E-state index in [1.54, 1.807) is 25.1 Å². The van der Waals surface area contributed by atoms with Gasteiger partial charge in [-0.2, -0.15) is 0 Å². The van der Waals surface area contributed by atoms with Gasteiger partial charge in [-0.25, -0.2) is 9.59 Å². The highest BCUT2D eigenvalue weighted by Crippen LogP contribution is 2.37. The number of carbonyl (C=O) groups excluding carboxylic acids is 4. The fraction of sp³-hybridized carbons (Fsp3) is 0.238. The molecule has 1 atom stereocenters. The van der Waals surface area contributed by atoms with Crippen molar-refractivity contribution >= 4 is 29.5 Å².